The van der Waals surface area contributed by atoms with Crippen molar-refractivity contribution in [1.29, 1.82) is 0 Å². The normalized spacial score (nSPS) is 12.8. The topological polar surface area (TPSA) is 0 Å². The van der Waals surface area contributed by atoms with Crippen molar-refractivity contribution >= 4 is 72.0 Å². The second-order valence-corrected chi connectivity index (χ2v) is 30.6. The molecule has 2 aromatic rings. The third kappa shape index (κ3) is 10.9. The minimum atomic E-state index is -1.05. The van der Waals surface area contributed by atoms with E-state index in [2.05, 4.69) is 53.2 Å². The fraction of sp³-hybridized carbons (Fsp3) is 0.478. The summed E-state index contributed by atoms with van der Waals surface area (Å²) in [6.07, 6.45) is 9.11. The first-order chi connectivity index (χ1) is 13.9. The molecule has 0 aromatic heterocycles. The third-order valence-corrected chi connectivity index (χ3v) is 25.8. The molecule has 29 heavy (non-hydrogen) atoms. The molecule has 0 saturated heterocycles. The van der Waals surface area contributed by atoms with Crippen molar-refractivity contribution in [2.75, 3.05) is 12.3 Å². The molecule has 0 aliphatic heterocycles. The van der Waals surface area contributed by atoms with Gasteiger partial charge >= 0.3 is 209 Å². The molecule has 1 atom stereocenters. The molecule has 0 aliphatic rings. The fourth-order valence-electron chi connectivity index (χ4n) is 3.02. The fourth-order valence-corrected chi connectivity index (χ4v) is 31.4. The van der Waals surface area contributed by atoms with E-state index in [-0.39, 0.29) is 0 Å². The predicted molar refractivity (Wildman–Crippen MR) is 138 cm³/mol. The Morgan fingerprint density at radius 2 is 1.34 bits per heavy atom. The summed E-state index contributed by atoms with van der Waals surface area (Å²) in [5.41, 5.74) is 2.83. The standard InChI is InChI=1S/C23H31Cl2PSe3/c1-3-4-5-18-28-19(2)29-26(27,16-14-20-6-10-22(24)11-7-20)17-15-21-8-12-23(25)13-9-21/h6-13,19H,3-5,14-18H2,1-2H3. The van der Waals surface area contributed by atoms with Crippen LogP contribution in [0.5, 0.6) is 0 Å². The van der Waals surface area contributed by atoms with E-state index in [1.807, 2.05) is 24.3 Å². The number of hydrogen-bond acceptors (Lipinski definition) is 0. The van der Waals surface area contributed by atoms with Crippen LogP contribution in [0.25, 0.3) is 0 Å². The molecule has 0 heterocycles. The minimum absolute atomic E-state index is 0.720. The summed E-state index contributed by atoms with van der Waals surface area (Å²) >= 11 is 17.4. The molecule has 0 fully saturated rings. The van der Waals surface area contributed by atoms with Crippen molar-refractivity contribution in [3.8, 4) is 0 Å². The Kier molecular flexibility index (Phi) is 12.9. The third-order valence-electron chi connectivity index (χ3n) is 4.75. The second-order valence-electron chi connectivity index (χ2n) is 7.27. The molecule has 0 radical (unpaired) electrons. The van der Waals surface area contributed by atoms with E-state index in [9.17, 15) is 0 Å². The first kappa shape index (κ1) is 26.3. The quantitative estimate of drug-likeness (QED) is 0.120. The maximum atomic E-state index is 6.07. The van der Waals surface area contributed by atoms with Crippen molar-refractivity contribution < 1.29 is 0 Å². The molecule has 0 nitrogen and oxygen atoms in total. The van der Waals surface area contributed by atoms with E-state index >= 15 is 0 Å². The van der Waals surface area contributed by atoms with Gasteiger partial charge in [-0.25, -0.2) is 0 Å². The van der Waals surface area contributed by atoms with Crippen LogP contribution in [0.15, 0.2) is 48.5 Å². The van der Waals surface area contributed by atoms with Gasteiger partial charge in [0.2, 0.25) is 0 Å². The van der Waals surface area contributed by atoms with Crippen LogP contribution >= 0.6 is 27.4 Å². The summed E-state index contributed by atoms with van der Waals surface area (Å²) in [5, 5.41) is 3.11. The predicted octanol–water partition coefficient (Wildman–Crippen LogP) is 7.58. The van der Waals surface area contributed by atoms with E-state index in [4.69, 9.17) is 23.2 Å². The Morgan fingerprint density at radius 1 is 0.862 bits per heavy atom. The SMILES string of the molecule is CCCCC[Se]C(C)[Se]P(=[Se])(CCc1ccc(Cl)cc1)CCc1ccc(Cl)cc1. The summed E-state index contributed by atoms with van der Waals surface area (Å²) in [7, 11) is 0. The average Bonchev–Trinajstić information content (AvgIpc) is 2.70. The van der Waals surface area contributed by atoms with E-state index in [0.717, 1.165) is 56.1 Å². The van der Waals surface area contributed by atoms with Gasteiger partial charge in [0.05, 0.1) is 0 Å². The van der Waals surface area contributed by atoms with Gasteiger partial charge in [0, 0.05) is 0 Å². The summed E-state index contributed by atoms with van der Waals surface area (Å²) in [5.74, 6) is 0. The molecular weight excluding hydrogens is 615 g/mol. The molecular formula is C23H31Cl2PSe3. The van der Waals surface area contributed by atoms with Gasteiger partial charge in [-0.2, -0.15) is 0 Å². The number of halogens is 2. The van der Waals surface area contributed by atoms with Crippen LogP contribution < -0.4 is 0 Å². The second kappa shape index (κ2) is 14.2. The van der Waals surface area contributed by atoms with Crippen LogP contribution in [-0.4, -0.2) is 56.9 Å². The molecule has 2 rings (SSSR count). The zero-order chi connectivity index (χ0) is 21.1. The zero-order valence-corrected chi connectivity index (χ0v) is 24.8. The Balaban J connectivity index is 1.98. The van der Waals surface area contributed by atoms with Gasteiger partial charge in [0.25, 0.3) is 0 Å². The molecule has 0 bridgehead atoms. The van der Waals surface area contributed by atoms with Crippen molar-refractivity contribution in [2.24, 2.45) is 0 Å². The van der Waals surface area contributed by atoms with Crippen LogP contribution in [0.4, 0.5) is 0 Å². The Hall–Kier alpha value is 1.01. The molecule has 0 amide bonds. The molecule has 0 spiro atoms. The molecule has 0 saturated carbocycles. The number of hydrogen-bond donors (Lipinski definition) is 0. The van der Waals surface area contributed by atoms with Crippen molar-refractivity contribution in [2.45, 2.75) is 55.0 Å². The van der Waals surface area contributed by atoms with Crippen LogP contribution in [-0.2, 0) is 12.8 Å². The van der Waals surface area contributed by atoms with Gasteiger partial charge in [0.1, 0.15) is 0 Å². The first-order valence-electron chi connectivity index (χ1n) is 10.3. The summed E-state index contributed by atoms with van der Waals surface area (Å²) in [6.45, 7) is 4.81. The van der Waals surface area contributed by atoms with Crippen molar-refractivity contribution in [3.63, 3.8) is 0 Å². The van der Waals surface area contributed by atoms with Gasteiger partial charge in [-0.3, -0.25) is 0 Å². The summed E-state index contributed by atoms with van der Waals surface area (Å²) in [4.78, 5) is 0. The maximum absolute atomic E-state index is 6.07. The molecule has 160 valence electrons. The number of unbranched alkanes of at least 4 members (excludes halogenated alkanes) is 2. The Morgan fingerprint density at radius 3 is 1.79 bits per heavy atom. The average molecular weight is 646 g/mol. The van der Waals surface area contributed by atoms with Crippen LogP contribution in [0, 0.1) is 0 Å². The van der Waals surface area contributed by atoms with Gasteiger partial charge in [0.15, 0.2) is 0 Å². The Bertz CT molecular complexity index is 709. The van der Waals surface area contributed by atoms with E-state index in [1.54, 1.807) is 0 Å². The zero-order valence-electron chi connectivity index (χ0n) is 17.3. The summed E-state index contributed by atoms with van der Waals surface area (Å²) < 4.78 is -0.121. The van der Waals surface area contributed by atoms with Gasteiger partial charge in [-0.15, -0.1) is 0 Å². The van der Waals surface area contributed by atoms with Crippen LogP contribution in [0.3, 0.4) is 0 Å². The van der Waals surface area contributed by atoms with Crippen molar-refractivity contribution in [3.05, 3.63) is 69.7 Å². The number of rotatable bonds is 13. The van der Waals surface area contributed by atoms with E-state index in [0.29, 0.717) is 0 Å². The van der Waals surface area contributed by atoms with E-state index in [1.165, 1.54) is 48.0 Å². The van der Waals surface area contributed by atoms with Crippen LogP contribution in [0.1, 0.15) is 44.2 Å². The first-order valence-corrected chi connectivity index (χ1v) is 20.8. The van der Waals surface area contributed by atoms with Gasteiger partial charge < -0.3 is 0 Å². The van der Waals surface area contributed by atoms with Crippen LogP contribution in [0.2, 0.25) is 19.1 Å². The monoisotopic (exact) mass is 648 g/mol. The number of aryl methyl sites for hydroxylation is 2. The van der Waals surface area contributed by atoms with E-state index < -0.39 is 4.20 Å². The number of benzene rings is 2. The molecule has 1 unspecified atom stereocenters. The molecule has 6 heteroatoms. The van der Waals surface area contributed by atoms with Gasteiger partial charge in [-0.05, 0) is 0 Å². The molecule has 2 aromatic carbocycles. The Labute approximate surface area is 207 Å². The molecule has 0 N–H and O–H groups in total. The summed E-state index contributed by atoms with van der Waals surface area (Å²) in [6, 6.07) is 16.9. The molecule has 0 aliphatic carbocycles. The van der Waals surface area contributed by atoms with Crippen molar-refractivity contribution in [1.82, 2.24) is 0 Å². The van der Waals surface area contributed by atoms with Gasteiger partial charge in [-0.1, -0.05) is 0 Å².